The number of halogens is 1. The van der Waals surface area contributed by atoms with Crippen molar-refractivity contribution < 1.29 is 75.0 Å². The number of guanidine groups is 1. The van der Waals surface area contributed by atoms with Gasteiger partial charge in [0.1, 0.15) is 42.9 Å². The van der Waals surface area contributed by atoms with E-state index in [0.717, 1.165) is 5.56 Å². The number of nitrogens with one attached hydrogen (secondary N) is 2. The predicted octanol–water partition coefficient (Wildman–Crippen LogP) is 1.13. The number of ether oxygens (including phenoxy) is 3. The van der Waals surface area contributed by atoms with Crippen molar-refractivity contribution in [3.8, 4) is 5.75 Å². The summed E-state index contributed by atoms with van der Waals surface area (Å²) in [7, 11) is -17.2. The van der Waals surface area contributed by atoms with Gasteiger partial charge >= 0.3 is 29.1 Å². The Bertz CT molecular complexity index is 2870. The van der Waals surface area contributed by atoms with Crippen molar-refractivity contribution in [1.29, 1.82) is 0 Å². The van der Waals surface area contributed by atoms with Crippen LogP contribution in [0.2, 0.25) is 5.02 Å². The minimum atomic E-state index is -5.96. The number of aliphatic hydroxyl groups excluding tert-OH is 2. The Morgan fingerprint density at radius 1 is 0.940 bits per heavy atom. The number of aromatic amines is 1. The number of aliphatic imine (C=N–C) groups is 1. The van der Waals surface area contributed by atoms with E-state index in [0.29, 0.717) is 17.3 Å². The van der Waals surface area contributed by atoms with Crippen LogP contribution in [-0.4, -0.2) is 117 Å². The van der Waals surface area contributed by atoms with Gasteiger partial charge in [-0.1, -0.05) is 53.5 Å². The van der Waals surface area contributed by atoms with Gasteiger partial charge in [0.05, 0.1) is 37.9 Å². The maximum atomic E-state index is 13.3. The lowest BCUT2D eigenvalue weighted by molar-refractivity contribution is -0.747. The number of nitrogens with zero attached hydrogens (tertiary/aromatic N) is 7. The van der Waals surface area contributed by atoms with Gasteiger partial charge in [0.2, 0.25) is 5.52 Å². The van der Waals surface area contributed by atoms with E-state index in [2.05, 4.69) is 40.5 Å². The van der Waals surface area contributed by atoms with Gasteiger partial charge in [0, 0.05) is 18.1 Å². The molecule has 0 amide bonds. The molecule has 67 heavy (non-hydrogen) atoms. The molecule has 2 saturated heterocycles. The molecule has 5 unspecified atom stereocenters. The fourth-order valence-corrected chi connectivity index (χ4v) is 11.1. The zero-order valence-electron chi connectivity index (χ0n) is 34.7. The van der Waals surface area contributed by atoms with Gasteiger partial charge in [-0.25, -0.2) is 23.2 Å². The average Bonchev–Trinajstić information content (AvgIpc) is 3.92. The third kappa shape index (κ3) is 11.5. The SMILES string of the molecule is C=C1NC(N)=Nc2c1ncn2[C@@H]1OC(COP(=O)(O)OP(=O)(O)OP(=O)(O)OC[C@@H]2CN(Cc3ccccc3)CC([n+]3cn(CCOc4ccc(Cl)cc4)c4c(=O)[nH]c(N)nc43)O2)[C@@H](O)[C@H]1O. The van der Waals surface area contributed by atoms with Crippen molar-refractivity contribution in [2.24, 2.45) is 10.7 Å². The molecular weight excluding hydrogens is 971 g/mol. The van der Waals surface area contributed by atoms with Crippen LogP contribution in [-0.2, 0) is 53.9 Å². The van der Waals surface area contributed by atoms with E-state index in [1.165, 1.54) is 10.9 Å². The third-order valence-electron chi connectivity index (χ3n) is 10.3. The molecule has 2 fully saturated rings. The van der Waals surface area contributed by atoms with Crippen LogP contribution >= 0.6 is 35.1 Å². The minimum Gasteiger partial charge on any atom is -0.490 e. The van der Waals surface area contributed by atoms with Crippen LogP contribution in [0.1, 0.15) is 23.7 Å². The Labute approximate surface area is 383 Å². The second kappa shape index (κ2) is 19.6. The predicted molar refractivity (Wildman–Crippen MR) is 233 cm³/mol. The molecule has 11 N–H and O–H groups in total. The zero-order chi connectivity index (χ0) is 47.8. The van der Waals surface area contributed by atoms with Crippen LogP contribution in [0, 0.1) is 0 Å². The summed E-state index contributed by atoms with van der Waals surface area (Å²) in [6.45, 7) is 2.91. The van der Waals surface area contributed by atoms with E-state index in [9.17, 15) is 43.4 Å². The monoisotopic (exact) mass is 1010 g/mol. The molecule has 0 saturated carbocycles. The van der Waals surface area contributed by atoms with E-state index in [-0.39, 0.29) is 66.5 Å². The zero-order valence-corrected chi connectivity index (χ0v) is 38.1. The normalized spacial score (nSPS) is 24.9. The van der Waals surface area contributed by atoms with Gasteiger partial charge in [-0.3, -0.25) is 32.9 Å². The van der Waals surface area contributed by atoms with E-state index >= 15 is 0 Å². The first-order valence-electron chi connectivity index (χ1n) is 19.9. The summed E-state index contributed by atoms with van der Waals surface area (Å²) in [5.41, 5.74) is 12.9. The number of nitrogen functional groups attached to an aromatic ring is 1. The van der Waals surface area contributed by atoms with Gasteiger partial charge in [0.15, 0.2) is 30.6 Å². The number of aromatic nitrogens is 6. The van der Waals surface area contributed by atoms with Crippen molar-refractivity contribution >= 4 is 69.7 Å². The Morgan fingerprint density at radius 2 is 1.64 bits per heavy atom. The Balaban J connectivity index is 0.918. The smallest absolute Gasteiger partial charge is 0.490 e. The summed E-state index contributed by atoms with van der Waals surface area (Å²) >= 11 is 5.99. The van der Waals surface area contributed by atoms with Crippen molar-refractivity contribution in [2.45, 2.75) is 50.0 Å². The number of aliphatic hydroxyl groups is 2. The molecule has 2 aromatic carbocycles. The molecular formula is C36H44ClN11O16P3+. The van der Waals surface area contributed by atoms with Crippen LogP contribution in [0.25, 0.3) is 16.9 Å². The van der Waals surface area contributed by atoms with Crippen LogP contribution in [0.3, 0.4) is 0 Å². The number of morpholine rings is 1. The molecule has 0 spiro atoms. The van der Waals surface area contributed by atoms with Gasteiger partial charge in [0.25, 0.3) is 11.5 Å². The molecule has 5 aromatic rings. The fourth-order valence-electron chi connectivity index (χ4n) is 7.44. The molecule has 0 radical (unpaired) electrons. The standard InChI is InChI=1S/C36H43ClN11O16P3/c1-20-27-31(42-35(38)41-20)47(18-40-27)34-30(50)29(49)25(62-34)17-60-66(54,55)64-67(56,57)63-65(52,53)59-16-24-14-45(13-21-5-3-2-4-6-21)15-26(61-24)48-19-46(28-32(48)43-36(39)44-33(28)51)11-12-58-23-9-7-22(37)8-10-23/h2-10,18-19,24-26,29-30,34,49-50H,1,11-17H2,(H8-,38,39,41,42,43,44,51,52,53,54,55,56,57)/p+1/t24-,25?,26?,29+,30+,34+/m0/s1. The summed E-state index contributed by atoms with van der Waals surface area (Å²) in [6, 6.07) is 16.0. The lowest BCUT2D eigenvalue weighted by atomic mass is 10.1. The third-order valence-corrected chi connectivity index (χ3v) is 14.8. The van der Waals surface area contributed by atoms with Crippen LogP contribution < -0.4 is 31.6 Å². The highest BCUT2D eigenvalue weighted by atomic mass is 35.5. The lowest BCUT2D eigenvalue weighted by Crippen LogP contribution is -2.55. The summed E-state index contributed by atoms with van der Waals surface area (Å²) in [5.74, 6) is 0.420. The van der Waals surface area contributed by atoms with Crippen LogP contribution in [0.4, 0.5) is 11.8 Å². The van der Waals surface area contributed by atoms with Gasteiger partial charge in [-0.2, -0.15) is 13.6 Å². The Kier molecular flexibility index (Phi) is 14.2. The number of phosphoric ester groups is 2. The lowest BCUT2D eigenvalue weighted by Gasteiger charge is -2.37. The summed E-state index contributed by atoms with van der Waals surface area (Å²) in [6.07, 6.45) is -5.56. The highest BCUT2D eigenvalue weighted by Crippen LogP contribution is 2.67. The highest BCUT2D eigenvalue weighted by Gasteiger charge is 2.48. The molecule has 6 heterocycles. The van der Waals surface area contributed by atoms with E-state index in [1.54, 1.807) is 39.7 Å². The van der Waals surface area contributed by atoms with E-state index in [1.807, 2.05) is 35.2 Å². The second-order valence-corrected chi connectivity index (χ2v) is 20.2. The van der Waals surface area contributed by atoms with Crippen molar-refractivity contribution in [1.82, 2.24) is 34.3 Å². The van der Waals surface area contributed by atoms with Crippen molar-refractivity contribution in [3.05, 3.63) is 100 Å². The molecule has 0 bridgehead atoms. The first-order chi connectivity index (χ1) is 31.7. The second-order valence-electron chi connectivity index (χ2n) is 15.2. The largest absolute Gasteiger partial charge is 0.490 e. The molecule has 31 heteroatoms. The molecule has 8 rings (SSSR count). The van der Waals surface area contributed by atoms with Crippen molar-refractivity contribution in [2.75, 3.05) is 38.6 Å². The van der Waals surface area contributed by atoms with Crippen molar-refractivity contribution in [3.63, 3.8) is 0 Å². The number of imidazole rings is 2. The Morgan fingerprint density at radius 3 is 2.36 bits per heavy atom. The molecule has 3 aliphatic heterocycles. The highest BCUT2D eigenvalue weighted by molar-refractivity contribution is 7.66. The Hall–Kier alpha value is -4.89. The summed E-state index contributed by atoms with van der Waals surface area (Å²) in [4.78, 5) is 61.5. The summed E-state index contributed by atoms with van der Waals surface area (Å²) < 4.78 is 79.4. The van der Waals surface area contributed by atoms with Crippen LogP contribution in [0.15, 0.2) is 83.6 Å². The minimum absolute atomic E-state index is 0.0476. The number of benzene rings is 2. The van der Waals surface area contributed by atoms with Gasteiger partial charge < -0.3 is 55.9 Å². The molecule has 3 aromatic heterocycles. The topological polar surface area (TPSA) is 369 Å². The quantitative estimate of drug-likeness (QED) is 0.0439. The number of hydrogen-bond donors (Lipinski definition) is 9. The molecule has 27 nitrogen and oxygen atoms in total. The number of anilines is 1. The number of hydrogen-bond acceptors (Lipinski definition) is 20. The fraction of sp³-hybridized carbons (Fsp3) is 0.361. The first kappa shape index (κ1) is 48.6. The summed E-state index contributed by atoms with van der Waals surface area (Å²) in [5, 5.41) is 24.6. The van der Waals surface area contributed by atoms with Gasteiger partial charge in [-0.05, 0) is 29.8 Å². The number of H-pyrrole nitrogens is 1. The molecule has 9 atom stereocenters. The average molecular weight is 1020 g/mol. The molecule has 360 valence electrons. The maximum absolute atomic E-state index is 13.3. The molecule has 3 aliphatic rings. The number of phosphoric acid groups is 3. The van der Waals surface area contributed by atoms with Gasteiger partial charge in [-0.15, -0.1) is 0 Å². The number of nitrogens with two attached hydrogens (primary N) is 2. The molecule has 0 aliphatic carbocycles. The number of fused-ring (bicyclic) bond motifs is 2. The maximum Gasteiger partial charge on any atom is 0.490 e. The number of rotatable bonds is 18. The van der Waals surface area contributed by atoms with E-state index in [4.69, 9.17) is 46.3 Å². The first-order valence-corrected chi connectivity index (χ1v) is 24.8. The van der Waals surface area contributed by atoms with E-state index < -0.39 is 79.1 Å². The van der Waals surface area contributed by atoms with Crippen LogP contribution in [0.5, 0.6) is 5.75 Å².